The Morgan fingerprint density at radius 1 is 1.31 bits per heavy atom. The van der Waals surface area contributed by atoms with Crippen molar-refractivity contribution in [2.45, 2.75) is 33.4 Å². The van der Waals surface area contributed by atoms with Crippen LogP contribution < -0.4 is 10.1 Å². The van der Waals surface area contributed by atoms with Crippen molar-refractivity contribution in [1.82, 2.24) is 24.5 Å². The molecule has 0 aliphatic rings. The lowest BCUT2D eigenvalue weighted by Gasteiger charge is -2.13. The van der Waals surface area contributed by atoms with E-state index in [2.05, 4.69) is 25.3 Å². The third kappa shape index (κ3) is 6.54. The molecule has 32 heavy (non-hydrogen) atoms. The standard InChI is InChI=1S/C20H24ClN7O3S/c1-14-12-27(20(26-14)28(29)30)6-9-32-8-3-7-31-18-4-5-23-17(15(18)2)11-24-19-16(21)10-22-13-25-19/h4-5,10,12-13H,3,6-9,11H2,1-2H3,(H,22,24,25). The number of aromatic nitrogens is 5. The van der Waals surface area contributed by atoms with E-state index in [4.69, 9.17) is 16.3 Å². The molecule has 0 saturated carbocycles. The summed E-state index contributed by atoms with van der Waals surface area (Å²) in [6, 6.07) is 1.85. The SMILES string of the molecule is Cc1cn(CCSCCCOc2ccnc(CNc3ncncc3Cl)c2C)c([N+](=O)[O-])n1. The highest BCUT2D eigenvalue weighted by Crippen LogP contribution is 2.22. The van der Waals surface area contributed by atoms with E-state index in [9.17, 15) is 10.1 Å². The Hall–Kier alpha value is -2.92. The van der Waals surface area contributed by atoms with Crippen LogP contribution in [0.15, 0.2) is 31.0 Å². The van der Waals surface area contributed by atoms with Gasteiger partial charge in [0.2, 0.25) is 0 Å². The number of ether oxygens (including phenoxy) is 1. The minimum absolute atomic E-state index is 0.105. The summed E-state index contributed by atoms with van der Waals surface area (Å²) in [5.74, 6) is 2.91. The molecule has 1 N–H and O–H groups in total. The molecular formula is C20H24ClN7O3S. The molecule has 0 saturated heterocycles. The Balaban J connectivity index is 1.39. The fourth-order valence-corrected chi connectivity index (χ4v) is 3.98. The zero-order valence-corrected chi connectivity index (χ0v) is 19.4. The van der Waals surface area contributed by atoms with E-state index in [1.54, 1.807) is 35.6 Å². The number of thioether (sulfide) groups is 1. The number of nitrogens with one attached hydrogen (secondary N) is 1. The first-order chi connectivity index (χ1) is 15.5. The molecular weight excluding hydrogens is 454 g/mol. The summed E-state index contributed by atoms with van der Waals surface area (Å²) in [5, 5.41) is 14.6. The van der Waals surface area contributed by atoms with Crippen LogP contribution in [0.2, 0.25) is 5.02 Å². The number of nitrogens with zero attached hydrogens (tertiary/aromatic N) is 6. The van der Waals surface area contributed by atoms with Gasteiger partial charge in [-0.25, -0.2) is 14.5 Å². The Labute approximate surface area is 195 Å². The number of hydrogen-bond donors (Lipinski definition) is 1. The number of anilines is 1. The fraction of sp³-hybridized carbons (Fsp3) is 0.400. The fourth-order valence-electron chi connectivity index (χ4n) is 2.96. The van der Waals surface area contributed by atoms with E-state index in [0.717, 1.165) is 34.9 Å². The quantitative estimate of drug-likeness (QED) is 0.234. The number of hydrogen-bond acceptors (Lipinski definition) is 9. The lowest BCUT2D eigenvalue weighted by Crippen LogP contribution is -2.08. The Morgan fingerprint density at radius 2 is 2.16 bits per heavy atom. The topological polar surface area (TPSA) is 121 Å². The van der Waals surface area contributed by atoms with E-state index < -0.39 is 4.92 Å². The van der Waals surface area contributed by atoms with Crippen LogP contribution in [-0.2, 0) is 13.1 Å². The second-order valence-corrected chi connectivity index (χ2v) is 8.53. The van der Waals surface area contributed by atoms with Crippen molar-refractivity contribution in [1.29, 1.82) is 0 Å². The van der Waals surface area contributed by atoms with E-state index >= 15 is 0 Å². The lowest BCUT2D eigenvalue weighted by molar-refractivity contribution is -0.396. The van der Waals surface area contributed by atoms with Crippen molar-refractivity contribution in [3.8, 4) is 5.75 Å². The molecule has 10 nitrogen and oxygen atoms in total. The largest absolute Gasteiger partial charge is 0.493 e. The monoisotopic (exact) mass is 477 g/mol. The van der Waals surface area contributed by atoms with Crippen LogP contribution in [-0.4, -0.2) is 47.5 Å². The third-order valence-corrected chi connectivity index (χ3v) is 5.88. The van der Waals surface area contributed by atoms with Crippen molar-refractivity contribution in [2.75, 3.05) is 23.4 Å². The first-order valence-corrected chi connectivity index (χ1v) is 11.5. The summed E-state index contributed by atoms with van der Waals surface area (Å²) in [4.78, 5) is 26.9. The Morgan fingerprint density at radius 3 is 2.94 bits per heavy atom. The summed E-state index contributed by atoms with van der Waals surface area (Å²) in [7, 11) is 0. The number of nitro groups is 1. The van der Waals surface area contributed by atoms with Gasteiger partial charge in [0, 0.05) is 17.5 Å². The van der Waals surface area contributed by atoms with Gasteiger partial charge in [-0.15, -0.1) is 0 Å². The molecule has 0 spiro atoms. The molecule has 3 aromatic rings. The van der Waals surface area contributed by atoms with Crippen LogP contribution in [0.5, 0.6) is 5.75 Å². The Bertz CT molecular complexity index is 1060. The highest BCUT2D eigenvalue weighted by atomic mass is 35.5. The zero-order valence-electron chi connectivity index (χ0n) is 17.8. The molecule has 0 bridgehead atoms. The van der Waals surface area contributed by atoms with Crippen LogP contribution in [0, 0.1) is 24.0 Å². The number of halogens is 1. The van der Waals surface area contributed by atoms with Gasteiger partial charge < -0.3 is 20.2 Å². The number of rotatable bonds is 12. The van der Waals surface area contributed by atoms with Crippen molar-refractivity contribution in [3.05, 3.63) is 63.1 Å². The molecule has 0 aromatic carbocycles. The number of imidazole rings is 1. The molecule has 12 heteroatoms. The molecule has 0 aliphatic carbocycles. The maximum atomic E-state index is 11.0. The van der Waals surface area contributed by atoms with Crippen LogP contribution in [0.1, 0.15) is 23.4 Å². The smallest absolute Gasteiger partial charge is 0.434 e. The molecule has 3 rings (SSSR count). The second-order valence-electron chi connectivity index (χ2n) is 6.90. The average molecular weight is 478 g/mol. The molecule has 0 atom stereocenters. The predicted octanol–water partition coefficient (Wildman–Crippen LogP) is 4.06. The van der Waals surface area contributed by atoms with Crippen molar-refractivity contribution in [3.63, 3.8) is 0 Å². The minimum Gasteiger partial charge on any atom is -0.493 e. The van der Waals surface area contributed by atoms with E-state index in [1.165, 1.54) is 12.5 Å². The number of pyridine rings is 1. The zero-order chi connectivity index (χ0) is 22.9. The van der Waals surface area contributed by atoms with Crippen molar-refractivity contribution >= 4 is 35.1 Å². The number of aryl methyl sites for hydroxylation is 2. The average Bonchev–Trinajstić information content (AvgIpc) is 3.15. The van der Waals surface area contributed by atoms with Crippen LogP contribution >= 0.6 is 23.4 Å². The van der Waals surface area contributed by atoms with Gasteiger partial charge in [0.25, 0.3) is 0 Å². The van der Waals surface area contributed by atoms with Gasteiger partial charge in [-0.3, -0.25) is 4.98 Å². The summed E-state index contributed by atoms with van der Waals surface area (Å²) >= 11 is 7.80. The highest BCUT2D eigenvalue weighted by molar-refractivity contribution is 7.99. The van der Waals surface area contributed by atoms with Crippen molar-refractivity contribution in [2.24, 2.45) is 0 Å². The van der Waals surface area contributed by atoms with Crippen LogP contribution in [0.4, 0.5) is 11.8 Å². The summed E-state index contributed by atoms with van der Waals surface area (Å²) in [6.07, 6.45) is 7.26. The van der Waals surface area contributed by atoms with E-state index in [0.29, 0.717) is 36.2 Å². The second kappa shape index (κ2) is 11.6. The maximum Gasteiger partial charge on any atom is 0.434 e. The van der Waals surface area contributed by atoms with Crippen molar-refractivity contribution < 1.29 is 9.66 Å². The minimum atomic E-state index is -0.450. The maximum absolute atomic E-state index is 11.0. The summed E-state index contributed by atoms with van der Waals surface area (Å²) in [6.45, 7) is 5.32. The van der Waals surface area contributed by atoms with Gasteiger partial charge in [0.15, 0.2) is 0 Å². The van der Waals surface area contributed by atoms with E-state index in [1.807, 2.05) is 13.0 Å². The molecule has 3 heterocycles. The summed E-state index contributed by atoms with van der Waals surface area (Å²) < 4.78 is 7.52. The molecule has 0 fully saturated rings. The van der Waals surface area contributed by atoms with Crippen LogP contribution in [0.25, 0.3) is 0 Å². The summed E-state index contributed by atoms with van der Waals surface area (Å²) in [5.41, 5.74) is 2.46. The van der Waals surface area contributed by atoms with Gasteiger partial charge in [0.05, 0.1) is 31.6 Å². The first-order valence-electron chi connectivity index (χ1n) is 9.98. The third-order valence-electron chi connectivity index (χ3n) is 4.56. The lowest BCUT2D eigenvalue weighted by atomic mass is 10.2. The van der Waals surface area contributed by atoms with Crippen LogP contribution in [0.3, 0.4) is 0 Å². The molecule has 170 valence electrons. The molecule has 0 radical (unpaired) electrons. The highest BCUT2D eigenvalue weighted by Gasteiger charge is 2.16. The van der Waals surface area contributed by atoms with Gasteiger partial charge in [0.1, 0.15) is 34.8 Å². The predicted molar refractivity (Wildman–Crippen MR) is 124 cm³/mol. The Kier molecular flexibility index (Phi) is 8.63. The first kappa shape index (κ1) is 23.7. The van der Waals surface area contributed by atoms with Gasteiger partial charge in [-0.05, 0) is 37.0 Å². The van der Waals surface area contributed by atoms with E-state index in [-0.39, 0.29) is 5.95 Å². The molecule has 0 aliphatic heterocycles. The molecule has 3 aromatic heterocycles. The molecule has 0 unspecified atom stereocenters. The van der Waals surface area contributed by atoms with Gasteiger partial charge in [-0.2, -0.15) is 11.8 Å². The van der Waals surface area contributed by atoms with Gasteiger partial charge >= 0.3 is 5.95 Å². The molecule has 0 amide bonds. The normalized spacial score (nSPS) is 10.8. The van der Waals surface area contributed by atoms with Gasteiger partial charge in [-0.1, -0.05) is 16.6 Å².